The predicted molar refractivity (Wildman–Crippen MR) is 268 cm³/mol. The van der Waals surface area contributed by atoms with Crippen LogP contribution in [0, 0.1) is 0 Å². The van der Waals surface area contributed by atoms with Crippen molar-refractivity contribution in [3.63, 3.8) is 0 Å². The van der Waals surface area contributed by atoms with Gasteiger partial charge in [-0.15, -0.1) is 0 Å². The molecule has 306 valence electrons. The van der Waals surface area contributed by atoms with Crippen molar-refractivity contribution in [3.8, 4) is 67.8 Å². The first-order valence-corrected chi connectivity index (χ1v) is 22.3. The van der Waals surface area contributed by atoms with Gasteiger partial charge < -0.3 is 0 Å². The Morgan fingerprint density at radius 1 is 0.323 bits per heavy atom. The number of benzene rings is 9. The lowest BCUT2D eigenvalue weighted by Crippen LogP contribution is -2.14. The molecule has 0 unspecified atom stereocenters. The third kappa shape index (κ3) is 5.75. The standard InChI is InChI=1S/C60H41N5/c1-60(2)50-25-10-6-23-49(50)56-44(24-15-26-51(56)60)43-19-14-18-41(36-43)39-30-32-40(33-31-39)57-61-58(64-52-27-11-7-20-45(52)46-21-8-12-28-53(46)64)63-59(62-57)65-54-29-13-9-22-47(54)48-35-34-42(37-55(48)65)38-16-4-3-5-17-38/h3-37H,1-2H3. The summed E-state index contributed by atoms with van der Waals surface area (Å²) in [5, 5.41) is 4.58. The molecule has 1 aliphatic carbocycles. The van der Waals surface area contributed by atoms with E-state index in [1.165, 1.54) is 33.4 Å². The Morgan fingerprint density at radius 3 is 1.48 bits per heavy atom. The Kier molecular flexibility index (Phi) is 8.18. The Balaban J connectivity index is 0.979. The molecule has 1 aliphatic rings. The van der Waals surface area contributed by atoms with Gasteiger partial charge in [0.2, 0.25) is 11.9 Å². The molecule has 0 bridgehead atoms. The van der Waals surface area contributed by atoms with Crippen molar-refractivity contribution in [1.82, 2.24) is 24.1 Å². The summed E-state index contributed by atoms with van der Waals surface area (Å²) in [4.78, 5) is 16.1. The molecular formula is C60H41N5. The topological polar surface area (TPSA) is 48.5 Å². The summed E-state index contributed by atoms with van der Waals surface area (Å²) < 4.78 is 4.39. The lowest BCUT2D eigenvalue weighted by Gasteiger charge is -2.21. The van der Waals surface area contributed by atoms with Crippen LogP contribution in [-0.2, 0) is 5.41 Å². The first-order chi connectivity index (χ1) is 32.0. The van der Waals surface area contributed by atoms with Gasteiger partial charge in [-0.05, 0) is 86.0 Å². The molecule has 0 saturated heterocycles. The van der Waals surface area contributed by atoms with Crippen LogP contribution >= 0.6 is 0 Å². The van der Waals surface area contributed by atoms with Crippen molar-refractivity contribution in [2.75, 3.05) is 0 Å². The Morgan fingerprint density at radius 2 is 0.785 bits per heavy atom. The van der Waals surface area contributed by atoms with E-state index in [0.29, 0.717) is 17.7 Å². The van der Waals surface area contributed by atoms with Crippen LogP contribution in [0.25, 0.3) is 111 Å². The van der Waals surface area contributed by atoms with E-state index in [-0.39, 0.29) is 5.41 Å². The monoisotopic (exact) mass is 831 g/mol. The van der Waals surface area contributed by atoms with Gasteiger partial charge in [-0.1, -0.05) is 196 Å². The Hall–Kier alpha value is -8.41. The van der Waals surface area contributed by atoms with E-state index < -0.39 is 0 Å². The van der Waals surface area contributed by atoms with Gasteiger partial charge >= 0.3 is 0 Å². The fourth-order valence-electron chi connectivity index (χ4n) is 10.5. The Labute approximate surface area is 376 Å². The normalized spacial score (nSPS) is 12.9. The van der Waals surface area contributed by atoms with Crippen LogP contribution < -0.4 is 0 Å². The number of rotatable bonds is 6. The third-order valence-electron chi connectivity index (χ3n) is 13.6. The fourth-order valence-corrected chi connectivity index (χ4v) is 10.5. The highest BCUT2D eigenvalue weighted by molar-refractivity contribution is 6.11. The van der Waals surface area contributed by atoms with Gasteiger partial charge in [-0.2, -0.15) is 15.0 Å². The van der Waals surface area contributed by atoms with Gasteiger partial charge in [0.25, 0.3) is 0 Å². The lowest BCUT2D eigenvalue weighted by molar-refractivity contribution is 0.660. The molecule has 0 N–H and O–H groups in total. The molecule has 3 heterocycles. The molecule has 0 saturated carbocycles. The third-order valence-corrected chi connectivity index (χ3v) is 13.6. The second kappa shape index (κ2) is 14.3. The van der Waals surface area contributed by atoms with Gasteiger partial charge in [0, 0.05) is 32.5 Å². The van der Waals surface area contributed by atoms with Gasteiger partial charge in [-0.25, -0.2) is 0 Å². The molecule has 12 aromatic rings. The zero-order valence-electron chi connectivity index (χ0n) is 35.9. The predicted octanol–water partition coefficient (Wildman–Crippen LogP) is 15.0. The lowest BCUT2D eigenvalue weighted by atomic mass is 9.82. The molecule has 5 heteroatoms. The quantitative estimate of drug-likeness (QED) is 0.168. The molecule has 9 aromatic carbocycles. The molecule has 0 aliphatic heterocycles. The maximum Gasteiger partial charge on any atom is 0.240 e. The van der Waals surface area contributed by atoms with E-state index in [2.05, 4.69) is 235 Å². The van der Waals surface area contributed by atoms with Crippen LogP contribution in [-0.4, -0.2) is 24.1 Å². The number of fused-ring (bicyclic) bond motifs is 9. The van der Waals surface area contributed by atoms with E-state index >= 15 is 0 Å². The zero-order valence-corrected chi connectivity index (χ0v) is 35.9. The summed E-state index contributed by atoms with van der Waals surface area (Å²) in [6, 6.07) is 76.0. The van der Waals surface area contributed by atoms with Gasteiger partial charge in [0.15, 0.2) is 5.82 Å². The summed E-state index contributed by atoms with van der Waals surface area (Å²) in [5.41, 5.74) is 17.4. The molecule has 5 nitrogen and oxygen atoms in total. The maximum atomic E-state index is 5.40. The van der Waals surface area contributed by atoms with Crippen molar-refractivity contribution in [2.45, 2.75) is 19.3 Å². The van der Waals surface area contributed by atoms with Crippen LogP contribution in [0.1, 0.15) is 25.0 Å². The van der Waals surface area contributed by atoms with E-state index in [1.807, 2.05) is 0 Å². The van der Waals surface area contributed by atoms with Gasteiger partial charge in [0.1, 0.15) is 0 Å². The molecular weight excluding hydrogens is 791 g/mol. The molecule has 0 radical (unpaired) electrons. The number of nitrogens with zero attached hydrogens (tertiary/aromatic N) is 5. The summed E-state index contributed by atoms with van der Waals surface area (Å²) in [5.74, 6) is 1.71. The number of aromatic nitrogens is 5. The number of hydrogen-bond acceptors (Lipinski definition) is 3. The SMILES string of the molecule is CC1(C)c2ccccc2-c2c(-c3cccc(-c4ccc(-c5nc(-n6c7ccccc7c7ccccc76)nc(-n6c7ccccc7c7ccc(-c8ccccc8)cc76)n5)cc4)c3)cccc21. The summed E-state index contributed by atoms with van der Waals surface area (Å²) >= 11 is 0. The minimum absolute atomic E-state index is 0.0572. The minimum atomic E-state index is -0.0572. The molecule has 0 amide bonds. The van der Waals surface area contributed by atoms with Crippen molar-refractivity contribution in [2.24, 2.45) is 0 Å². The van der Waals surface area contributed by atoms with Crippen molar-refractivity contribution in [1.29, 1.82) is 0 Å². The first-order valence-electron chi connectivity index (χ1n) is 22.3. The van der Waals surface area contributed by atoms with Crippen molar-refractivity contribution < 1.29 is 0 Å². The second-order valence-corrected chi connectivity index (χ2v) is 17.6. The highest BCUT2D eigenvalue weighted by Crippen LogP contribution is 2.52. The highest BCUT2D eigenvalue weighted by Gasteiger charge is 2.36. The first kappa shape index (κ1) is 37.2. The van der Waals surface area contributed by atoms with Crippen LogP contribution in [0.5, 0.6) is 0 Å². The largest absolute Gasteiger partial charge is 0.278 e. The van der Waals surface area contributed by atoms with Crippen molar-refractivity contribution >= 4 is 43.6 Å². The molecule has 0 spiro atoms. The summed E-state index contributed by atoms with van der Waals surface area (Å²) in [7, 11) is 0. The molecule has 0 atom stereocenters. The molecule has 65 heavy (non-hydrogen) atoms. The highest BCUT2D eigenvalue weighted by atomic mass is 15.3. The van der Waals surface area contributed by atoms with E-state index in [4.69, 9.17) is 15.0 Å². The molecule has 3 aromatic heterocycles. The van der Waals surface area contributed by atoms with E-state index in [0.717, 1.165) is 71.4 Å². The van der Waals surface area contributed by atoms with Crippen LogP contribution in [0.15, 0.2) is 212 Å². The molecule has 0 fully saturated rings. The van der Waals surface area contributed by atoms with E-state index in [1.54, 1.807) is 0 Å². The van der Waals surface area contributed by atoms with E-state index in [9.17, 15) is 0 Å². The number of para-hydroxylation sites is 3. The average Bonchev–Trinajstić information content (AvgIpc) is 3.97. The van der Waals surface area contributed by atoms with Gasteiger partial charge in [-0.3, -0.25) is 9.13 Å². The van der Waals surface area contributed by atoms with Gasteiger partial charge in [0.05, 0.1) is 22.1 Å². The zero-order chi connectivity index (χ0) is 43.2. The van der Waals surface area contributed by atoms with Crippen LogP contribution in [0.4, 0.5) is 0 Å². The maximum absolute atomic E-state index is 5.40. The van der Waals surface area contributed by atoms with Crippen LogP contribution in [0.2, 0.25) is 0 Å². The summed E-state index contributed by atoms with van der Waals surface area (Å²) in [6.45, 7) is 4.68. The van der Waals surface area contributed by atoms with Crippen LogP contribution in [0.3, 0.4) is 0 Å². The average molecular weight is 832 g/mol. The second-order valence-electron chi connectivity index (χ2n) is 17.6. The summed E-state index contributed by atoms with van der Waals surface area (Å²) in [6.07, 6.45) is 0. The Bertz CT molecular complexity index is 3800. The smallest absolute Gasteiger partial charge is 0.240 e. The number of hydrogen-bond donors (Lipinski definition) is 0. The molecule has 13 rings (SSSR count). The van der Waals surface area contributed by atoms with Crippen molar-refractivity contribution in [3.05, 3.63) is 223 Å². The fraction of sp³-hybridized carbons (Fsp3) is 0.0500. The minimum Gasteiger partial charge on any atom is -0.278 e.